The van der Waals surface area contributed by atoms with E-state index in [9.17, 15) is 19.3 Å². The second-order valence-corrected chi connectivity index (χ2v) is 14.7. The first-order valence-corrected chi connectivity index (χ1v) is 15.9. The van der Waals surface area contributed by atoms with Gasteiger partial charge in [0.1, 0.15) is 11.7 Å². The van der Waals surface area contributed by atoms with E-state index in [0.717, 1.165) is 0 Å². The molecule has 0 saturated heterocycles. The Morgan fingerprint density at radius 3 is 0.789 bits per heavy atom. The molecule has 0 heterocycles. The van der Waals surface area contributed by atoms with Crippen LogP contribution in [0.4, 0.5) is 0 Å². The highest BCUT2D eigenvalue weighted by atomic mass is 31.2. The van der Waals surface area contributed by atoms with Crippen molar-refractivity contribution in [3.8, 4) is 0 Å². The molecule has 0 bridgehead atoms. The second kappa shape index (κ2) is 11.1. The number of aliphatic hydroxyl groups excluding tert-OH is 2. The standard InChI is InChI=1S/C32H28O4P2/c33-31(37(35,27-13-5-1-6-14-27)28-15-7-2-8-16-28)25-21-23-26(24-22-25)32(34)38(36,29-17-9-3-10-18-29)30-19-11-4-12-20-30/h1-24,31-34H. The summed E-state index contributed by atoms with van der Waals surface area (Å²) in [5.41, 5.74) is 0.900. The third-order valence-electron chi connectivity index (χ3n) is 6.78. The number of hydrogen-bond acceptors (Lipinski definition) is 4. The summed E-state index contributed by atoms with van der Waals surface area (Å²) in [6.07, 6.45) is 0. The van der Waals surface area contributed by atoms with Gasteiger partial charge in [0.05, 0.1) is 0 Å². The Labute approximate surface area is 223 Å². The van der Waals surface area contributed by atoms with Crippen LogP contribution in [0.5, 0.6) is 0 Å². The van der Waals surface area contributed by atoms with Crippen molar-refractivity contribution in [1.29, 1.82) is 0 Å². The lowest BCUT2D eigenvalue weighted by Gasteiger charge is -2.27. The molecule has 0 aliphatic heterocycles. The maximum atomic E-state index is 14.5. The molecule has 2 N–H and O–H groups in total. The lowest BCUT2D eigenvalue weighted by atomic mass is 10.1. The monoisotopic (exact) mass is 538 g/mol. The highest BCUT2D eigenvalue weighted by Crippen LogP contribution is 2.57. The van der Waals surface area contributed by atoms with Crippen molar-refractivity contribution in [3.05, 3.63) is 157 Å². The minimum Gasteiger partial charge on any atom is -0.380 e. The molecule has 0 saturated carbocycles. The zero-order valence-corrected chi connectivity index (χ0v) is 22.4. The van der Waals surface area contributed by atoms with E-state index < -0.39 is 26.0 Å². The maximum absolute atomic E-state index is 14.5. The third-order valence-corrected chi connectivity index (χ3v) is 13.0. The smallest absolute Gasteiger partial charge is 0.174 e. The summed E-state index contributed by atoms with van der Waals surface area (Å²) in [6.45, 7) is 0. The molecule has 0 aromatic heterocycles. The average molecular weight is 539 g/mol. The molecule has 0 aliphatic carbocycles. The third kappa shape index (κ3) is 4.73. The summed E-state index contributed by atoms with van der Waals surface area (Å²) in [6, 6.07) is 42.6. The Balaban J connectivity index is 1.54. The molecular weight excluding hydrogens is 510 g/mol. The molecule has 2 unspecified atom stereocenters. The summed E-state index contributed by atoms with van der Waals surface area (Å²) >= 11 is 0. The Kier molecular flexibility index (Phi) is 7.61. The largest absolute Gasteiger partial charge is 0.380 e. The van der Waals surface area contributed by atoms with Crippen molar-refractivity contribution in [2.45, 2.75) is 11.7 Å². The van der Waals surface area contributed by atoms with E-state index >= 15 is 0 Å². The summed E-state index contributed by atoms with van der Waals surface area (Å²) in [5.74, 6) is -2.60. The summed E-state index contributed by atoms with van der Waals surface area (Å²) in [5, 5.41) is 25.2. The van der Waals surface area contributed by atoms with Gasteiger partial charge in [-0.1, -0.05) is 146 Å². The Morgan fingerprint density at radius 1 is 0.368 bits per heavy atom. The molecule has 0 aliphatic rings. The molecular formula is C32H28O4P2. The van der Waals surface area contributed by atoms with Gasteiger partial charge < -0.3 is 19.3 Å². The number of benzene rings is 5. The van der Waals surface area contributed by atoms with Crippen LogP contribution in [0, 0.1) is 0 Å². The van der Waals surface area contributed by atoms with Gasteiger partial charge in [0, 0.05) is 21.2 Å². The molecule has 5 aromatic carbocycles. The summed E-state index contributed by atoms with van der Waals surface area (Å²) in [7, 11) is -6.93. The lowest BCUT2D eigenvalue weighted by molar-refractivity contribution is 0.253. The average Bonchev–Trinajstić information content (AvgIpc) is 3.01. The first-order chi connectivity index (χ1) is 18.5. The van der Waals surface area contributed by atoms with Gasteiger partial charge in [-0.25, -0.2) is 0 Å². The van der Waals surface area contributed by atoms with Crippen molar-refractivity contribution >= 4 is 35.5 Å². The van der Waals surface area contributed by atoms with Gasteiger partial charge in [0.2, 0.25) is 0 Å². The van der Waals surface area contributed by atoms with E-state index in [1.165, 1.54) is 0 Å². The van der Waals surface area contributed by atoms with Crippen LogP contribution in [0.3, 0.4) is 0 Å². The quantitative estimate of drug-likeness (QED) is 0.249. The molecule has 5 rings (SSSR count). The normalized spacial score (nSPS) is 13.5. The molecule has 4 nitrogen and oxygen atoms in total. The topological polar surface area (TPSA) is 74.6 Å². The second-order valence-electron chi connectivity index (χ2n) is 9.07. The van der Waals surface area contributed by atoms with Crippen molar-refractivity contribution < 1.29 is 19.3 Å². The Hall–Kier alpha value is -3.52. The molecule has 0 fully saturated rings. The Bertz CT molecular complexity index is 1360. The predicted octanol–water partition coefficient (Wildman–Crippen LogP) is 5.70. The molecule has 0 radical (unpaired) electrons. The molecule has 0 spiro atoms. The van der Waals surface area contributed by atoms with Crippen LogP contribution >= 0.6 is 14.3 Å². The number of rotatable bonds is 8. The minimum absolute atomic E-state index is 0.450. The predicted molar refractivity (Wildman–Crippen MR) is 156 cm³/mol. The van der Waals surface area contributed by atoms with Gasteiger partial charge in [-0.15, -0.1) is 0 Å². The van der Waals surface area contributed by atoms with Crippen LogP contribution in [0.1, 0.15) is 22.8 Å². The van der Waals surface area contributed by atoms with Crippen LogP contribution in [0.25, 0.3) is 0 Å². The summed E-state index contributed by atoms with van der Waals surface area (Å²) < 4.78 is 29.0. The van der Waals surface area contributed by atoms with E-state index in [4.69, 9.17) is 0 Å². The zero-order valence-electron chi connectivity index (χ0n) is 20.6. The molecule has 38 heavy (non-hydrogen) atoms. The van der Waals surface area contributed by atoms with Crippen LogP contribution < -0.4 is 21.2 Å². The first kappa shape index (κ1) is 26.1. The Morgan fingerprint density at radius 2 is 0.579 bits per heavy atom. The molecule has 2 atom stereocenters. The maximum Gasteiger partial charge on any atom is 0.174 e. The van der Waals surface area contributed by atoms with Gasteiger partial charge >= 0.3 is 0 Å². The molecule has 0 amide bonds. The highest BCUT2D eigenvalue weighted by molar-refractivity contribution is 7.79. The summed E-state index contributed by atoms with van der Waals surface area (Å²) in [4.78, 5) is 0. The van der Waals surface area contributed by atoms with Gasteiger partial charge in [0.25, 0.3) is 0 Å². The van der Waals surface area contributed by atoms with Gasteiger partial charge in [-0.05, 0) is 11.1 Å². The van der Waals surface area contributed by atoms with E-state index in [2.05, 4.69) is 0 Å². The minimum atomic E-state index is -3.47. The van der Waals surface area contributed by atoms with Crippen molar-refractivity contribution in [2.24, 2.45) is 0 Å². The van der Waals surface area contributed by atoms with Gasteiger partial charge in [-0.2, -0.15) is 0 Å². The fourth-order valence-corrected chi connectivity index (χ4v) is 10.1. The van der Waals surface area contributed by atoms with Crippen LogP contribution in [0.2, 0.25) is 0 Å². The molecule has 5 aromatic rings. The van der Waals surface area contributed by atoms with Crippen molar-refractivity contribution in [3.63, 3.8) is 0 Å². The fraction of sp³-hybridized carbons (Fsp3) is 0.0625. The zero-order chi connectivity index (χ0) is 26.6. The first-order valence-electron chi connectivity index (χ1n) is 12.3. The van der Waals surface area contributed by atoms with Gasteiger partial charge in [-0.3, -0.25) is 0 Å². The fourth-order valence-electron chi connectivity index (χ4n) is 4.72. The SMILES string of the molecule is O=P(c1ccccc1)(c1ccccc1)C(O)c1ccc(C(O)P(=O)(c2ccccc2)c2ccccc2)cc1. The van der Waals surface area contributed by atoms with E-state index in [0.29, 0.717) is 32.3 Å². The van der Waals surface area contributed by atoms with Crippen LogP contribution in [-0.4, -0.2) is 10.2 Å². The van der Waals surface area contributed by atoms with Crippen LogP contribution in [-0.2, 0) is 9.13 Å². The number of aliphatic hydroxyl groups is 2. The molecule has 6 heteroatoms. The highest BCUT2D eigenvalue weighted by Gasteiger charge is 2.38. The van der Waals surface area contributed by atoms with Crippen molar-refractivity contribution in [1.82, 2.24) is 0 Å². The van der Waals surface area contributed by atoms with E-state index in [-0.39, 0.29) is 0 Å². The number of hydrogen-bond donors (Lipinski definition) is 2. The van der Waals surface area contributed by atoms with Crippen LogP contribution in [0.15, 0.2) is 146 Å². The van der Waals surface area contributed by atoms with Gasteiger partial charge in [0.15, 0.2) is 14.3 Å². The van der Waals surface area contributed by atoms with E-state index in [1.807, 2.05) is 72.8 Å². The lowest BCUT2D eigenvalue weighted by Crippen LogP contribution is -2.22. The molecule has 190 valence electrons. The van der Waals surface area contributed by atoms with E-state index in [1.54, 1.807) is 72.8 Å². The van der Waals surface area contributed by atoms with Crippen molar-refractivity contribution in [2.75, 3.05) is 0 Å².